The molecule has 1 aromatic rings. The van der Waals surface area contributed by atoms with Gasteiger partial charge >= 0.3 is 0 Å². The molecule has 0 radical (unpaired) electrons. The van der Waals surface area contributed by atoms with Gasteiger partial charge in [0.1, 0.15) is 11.7 Å². The Morgan fingerprint density at radius 2 is 2.36 bits per heavy atom. The zero-order valence-corrected chi connectivity index (χ0v) is 13.2. The van der Waals surface area contributed by atoms with Crippen molar-refractivity contribution in [1.29, 1.82) is 0 Å². The van der Waals surface area contributed by atoms with Gasteiger partial charge in [-0.1, -0.05) is 19.4 Å². The first-order chi connectivity index (χ1) is 10.7. The number of hydrogen-bond donors (Lipinski definition) is 0. The van der Waals surface area contributed by atoms with E-state index in [4.69, 9.17) is 9.47 Å². The highest BCUT2D eigenvalue weighted by Crippen LogP contribution is 2.35. The van der Waals surface area contributed by atoms with Gasteiger partial charge in [-0.3, -0.25) is 4.79 Å². The van der Waals surface area contributed by atoms with Crippen LogP contribution in [0.2, 0.25) is 0 Å². The van der Waals surface area contributed by atoms with E-state index >= 15 is 0 Å². The predicted molar refractivity (Wildman–Crippen MR) is 82.7 cm³/mol. The molecule has 1 spiro atoms. The molecular formula is C17H24N2O3. The summed E-state index contributed by atoms with van der Waals surface area (Å²) in [4.78, 5) is 18.1. The number of carbonyl (C=O) groups excluding carboxylic acids is 1. The summed E-state index contributed by atoms with van der Waals surface area (Å²) in [6.07, 6.45) is 6.25. The van der Waals surface area contributed by atoms with Crippen LogP contribution in [0, 0.1) is 0 Å². The van der Waals surface area contributed by atoms with Crippen LogP contribution < -0.4 is 4.74 Å². The lowest BCUT2D eigenvalue weighted by Gasteiger charge is -2.52. The zero-order valence-electron chi connectivity index (χ0n) is 13.2. The molecule has 0 bridgehead atoms. The van der Waals surface area contributed by atoms with Gasteiger partial charge in [-0.15, -0.1) is 0 Å². The number of carbonyl (C=O) groups is 1. The van der Waals surface area contributed by atoms with E-state index < -0.39 is 0 Å². The molecule has 5 heteroatoms. The Kier molecular flexibility index (Phi) is 4.62. The van der Waals surface area contributed by atoms with E-state index in [0.717, 1.165) is 25.7 Å². The van der Waals surface area contributed by atoms with Crippen LogP contribution in [0.1, 0.15) is 39.0 Å². The van der Waals surface area contributed by atoms with Crippen LogP contribution in [0.25, 0.3) is 0 Å². The largest absolute Gasteiger partial charge is 0.474 e. The number of amides is 1. The molecule has 0 unspecified atom stereocenters. The zero-order chi connectivity index (χ0) is 15.4. The van der Waals surface area contributed by atoms with Gasteiger partial charge in [-0.05, 0) is 12.5 Å². The number of hydrogen-bond acceptors (Lipinski definition) is 4. The minimum Gasteiger partial charge on any atom is -0.474 e. The van der Waals surface area contributed by atoms with Gasteiger partial charge in [0.15, 0.2) is 0 Å². The molecule has 3 heterocycles. The number of nitrogens with zero attached hydrogens (tertiary/aromatic N) is 2. The standard InChI is InChI=1S/C17H24N2O3/c1-2-3-7-16(20)19-12-17(13-19)11-14(8-10-21-17)22-15-6-4-5-9-18-15/h4-6,9,14H,2-3,7-8,10-13H2,1H3/t14-/m1/s1. The lowest BCUT2D eigenvalue weighted by Crippen LogP contribution is -2.67. The van der Waals surface area contributed by atoms with E-state index in [1.807, 2.05) is 23.1 Å². The summed E-state index contributed by atoms with van der Waals surface area (Å²) in [6, 6.07) is 5.68. The van der Waals surface area contributed by atoms with Crippen LogP contribution in [0.5, 0.6) is 5.88 Å². The molecule has 0 saturated carbocycles. The topological polar surface area (TPSA) is 51.7 Å². The molecule has 2 saturated heterocycles. The molecular weight excluding hydrogens is 280 g/mol. The van der Waals surface area contributed by atoms with E-state index in [1.165, 1.54) is 0 Å². The van der Waals surface area contributed by atoms with Crippen molar-refractivity contribution in [3.05, 3.63) is 24.4 Å². The first-order valence-electron chi connectivity index (χ1n) is 8.20. The van der Waals surface area contributed by atoms with Crippen LogP contribution in [-0.2, 0) is 9.53 Å². The molecule has 1 atom stereocenters. The molecule has 5 nitrogen and oxygen atoms in total. The van der Waals surface area contributed by atoms with Crippen molar-refractivity contribution in [2.45, 2.75) is 50.7 Å². The highest BCUT2D eigenvalue weighted by Gasteiger charge is 2.49. The number of rotatable bonds is 5. The van der Waals surface area contributed by atoms with Crippen molar-refractivity contribution in [2.24, 2.45) is 0 Å². The summed E-state index contributed by atoms with van der Waals surface area (Å²) < 4.78 is 11.9. The van der Waals surface area contributed by atoms with Crippen LogP contribution in [-0.4, -0.2) is 47.2 Å². The fourth-order valence-corrected chi connectivity index (χ4v) is 3.20. The van der Waals surface area contributed by atoms with Gasteiger partial charge < -0.3 is 14.4 Å². The van der Waals surface area contributed by atoms with Crippen molar-refractivity contribution < 1.29 is 14.3 Å². The molecule has 0 aliphatic carbocycles. The third-order valence-corrected chi connectivity index (χ3v) is 4.43. The summed E-state index contributed by atoms with van der Waals surface area (Å²) in [5.74, 6) is 0.920. The van der Waals surface area contributed by atoms with Crippen LogP contribution in [0.15, 0.2) is 24.4 Å². The molecule has 1 amide bonds. The van der Waals surface area contributed by atoms with E-state index in [-0.39, 0.29) is 17.6 Å². The molecule has 2 aliphatic rings. The van der Waals surface area contributed by atoms with Crippen molar-refractivity contribution in [3.8, 4) is 5.88 Å². The second kappa shape index (κ2) is 6.65. The van der Waals surface area contributed by atoms with Gasteiger partial charge in [-0.25, -0.2) is 4.98 Å². The second-order valence-corrected chi connectivity index (χ2v) is 6.29. The number of pyridine rings is 1. The van der Waals surface area contributed by atoms with Crippen LogP contribution in [0.3, 0.4) is 0 Å². The monoisotopic (exact) mass is 304 g/mol. The van der Waals surface area contributed by atoms with Crippen LogP contribution >= 0.6 is 0 Å². The van der Waals surface area contributed by atoms with Gasteiger partial charge in [0.25, 0.3) is 0 Å². The smallest absolute Gasteiger partial charge is 0.222 e. The van der Waals surface area contributed by atoms with Crippen molar-refractivity contribution >= 4 is 5.91 Å². The predicted octanol–water partition coefficient (Wildman–Crippen LogP) is 2.41. The maximum absolute atomic E-state index is 12.0. The lowest BCUT2D eigenvalue weighted by molar-refractivity contribution is -0.193. The average Bonchev–Trinajstić information content (AvgIpc) is 2.51. The Hall–Kier alpha value is -1.62. The summed E-state index contributed by atoms with van der Waals surface area (Å²) >= 11 is 0. The molecule has 0 N–H and O–H groups in total. The van der Waals surface area contributed by atoms with E-state index in [9.17, 15) is 4.79 Å². The quantitative estimate of drug-likeness (QED) is 0.838. The van der Waals surface area contributed by atoms with Gasteiger partial charge in [-0.2, -0.15) is 0 Å². The molecule has 2 fully saturated rings. The SMILES string of the molecule is CCCCC(=O)N1CC2(C[C@H](Oc3ccccn3)CCO2)C1. The number of ether oxygens (including phenoxy) is 2. The van der Waals surface area contributed by atoms with Crippen LogP contribution in [0.4, 0.5) is 0 Å². The minimum atomic E-state index is -0.195. The maximum Gasteiger partial charge on any atom is 0.222 e. The third-order valence-electron chi connectivity index (χ3n) is 4.43. The Labute approximate surface area is 131 Å². The lowest BCUT2D eigenvalue weighted by atomic mass is 9.84. The second-order valence-electron chi connectivity index (χ2n) is 6.29. The fraction of sp³-hybridized carbons (Fsp3) is 0.647. The summed E-state index contributed by atoms with van der Waals surface area (Å²) in [7, 11) is 0. The Morgan fingerprint density at radius 3 is 3.09 bits per heavy atom. The molecule has 1 aromatic heterocycles. The van der Waals surface area contributed by atoms with E-state index in [2.05, 4.69) is 11.9 Å². The van der Waals surface area contributed by atoms with Crippen molar-refractivity contribution in [3.63, 3.8) is 0 Å². The maximum atomic E-state index is 12.0. The molecule has 2 aliphatic heterocycles. The highest BCUT2D eigenvalue weighted by atomic mass is 16.5. The molecule has 22 heavy (non-hydrogen) atoms. The Balaban J connectivity index is 1.51. The van der Waals surface area contributed by atoms with Gasteiger partial charge in [0.2, 0.25) is 11.8 Å². The summed E-state index contributed by atoms with van der Waals surface area (Å²) in [5.41, 5.74) is -0.195. The average molecular weight is 304 g/mol. The summed E-state index contributed by atoms with van der Waals surface area (Å²) in [6.45, 7) is 4.21. The number of likely N-dealkylation sites (tertiary alicyclic amines) is 1. The molecule has 120 valence electrons. The van der Waals surface area contributed by atoms with Gasteiger partial charge in [0, 0.05) is 31.5 Å². The van der Waals surface area contributed by atoms with Crippen molar-refractivity contribution in [1.82, 2.24) is 9.88 Å². The number of aromatic nitrogens is 1. The summed E-state index contributed by atoms with van der Waals surface area (Å²) in [5, 5.41) is 0. The van der Waals surface area contributed by atoms with E-state index in [1.54, 1.807) is 6.20 Å². The number of unbranched alkanes of at least 4 members (excludes halogenated alkanes) is 1. The molecule has 0 aromatic carbocycles. The first-order valence-corrected chi connectivity index (χ1v) is 8.20. The van der Waals surface area contributed by atoms with E-state index in [0.29, 0.717) is 32.0 Å². The van der Waals surface area contributed by atoms with Gasteiger partial charge in [0.05, 0.1) is 19.7 Å². The van der Waals surface area contributed by atoms with Crippen molar-refractivity contribution in [2.75, 3.05) is 19.7 Å². The molecule has 3 rings (SSSR count). The first kappa shape index (κ1) is 15.3. The third kappa shape index (κ3) is 3.40. The Bertz CT molecular complexity index is 500. The minimum absolute atomic E-state index is 0.122. The fourth-order valence-electron chi connectivity index (χ4n) is 3.20. The Morgan fingerprint density at radius 1 is 1.50 bits per heavy atom. The normalized spacial score (nSPS) is 23.1. The highest BCUT2D eigenvalue weighted by molar-refractivity contribution is 5.77.